The second kappa shape index (κ2) is 16.5. The average Bonchev–Trinajstić information content (AvgIpc) is 3.29. The number of hydrogen-bond acceptors (Lipinski definition) is 10. The lowest BCUT2D eigenvalue weighted by Crippen LogP contribution is -2.51. The van der Waals surface area contributed by atoms with Crippen LogP contribution in [0.15, 0.2) is 29.1 Å². The van der Waals surface area contributed by atoms with Gasteiger partial charge in [0.25, 0.3) is 0 Å². The lowest BCUT2D eigenvalue weighted by atomic mass is 9.95. The number of ether oxygens (including phenoxy) is 4. The standard InChI is InChI=1S/C36H50N4O8S/c1-21(41)37-26-11-9-22-19-30(45-5)32(46-6)33(47-7)31(22)24-10-12-27(29(42)20-25(24)26)39-28(15-18-49-8)34(43)40-16-13-23(14-17-40)38-35(44)48-36(2,3)4/h10,12,19-20,23,26,28H,9,11,13-18H2,1-8H3,(H,37,41)(H,38,44)(H,39,42)/t26-,28+/m0/s1. The third-order valence-corrected chi connectivity index (χ3v) is 9.33. The third-order valence-electron chi connectivity index (χ3n) is 8.68. The van der Waals surface area contributed by atoms with Gasteiger partial charge in [-0.25, -0.2) is 4.79 Å². The van der Waals surface area contributed by atoms with Crippen molar-refractivity contribution in [3.8, 4) is 28.4 Å². The molecule has 49 heavy (non-hydrogen) atoms. The van der Waals surface area contributed by atoms with E-state index in [9.17, 15) is 19.2 Å². The number of anilines is 1. The van der Waals surface area contributed by atoms with Gasteiger partial charge in [-0.3, -0.25) is 14.4 Å². The van der Waals surface area contributed by atoms with Gasteiger partial charge in [0.2, 0.25) is 23.0 Å². The SMILES string of the molecule is COc1cc2c(c(OC)c1OC)-c1ccc(N[C@H](CCSC)C(=O)N3CCC(NC(=O)OC(C)(C)C)CC3)c(=O)cc1[C@@H](NC(C)=O)CC2. The number of amides is 3. The summed E-state index contributed by atoms with van der Waals surface area (Å²) in [4.78, 5) is 54.3. The van der Waals surface area contributed by atoms with E-state index >= 15 is 0 Å². The van der Waals surface area contributed by atoms with Gasteiger partial charge < -0.3 is 39.8 Å². The van der Waals surface area contributed by atoms with E-state index in [-0.39, 0.29) is 29.0 Å². The molecule has 0 spiro atoms. The zero-order chi connectivity index (χ0) is 35.9. The number of fused-ring (bicyclic) bond motifs is 3. The van der Waals surface area contributed by atoms with E-state index in [0.717, 1.165) is 11.1 Å². The van der Waals surface area contributed by atoms with E-state index in [1.807, 2.05) is 39.2 Å². The second-order valence-corrected chi connectivity index (χ2v) is 14.3. The molecule has 2 atom stereocenters. The molecule has 13 heteroatoms. The lowest BCUT2D eigenvalue weighted by molar-refractivity contribution is -0.133. The van der Waals surface area contributed by atoms with Crippen LogP contribution in [-0.2, 0) is 20.7 Å². The minimum absolute atomic E-state index is 0.0941. The Balaban J connectivity index is 1.67. The number of likely N-dealkylation sites (tertiary alicyclic amines) is 1. The number of rotatable bonds is 11. The number of benzene rings is 1. The van der Waals surface area contributed by atoms with E-state index in [2.05, 4.69) is 16.0 Å². The fourth-order valence-corrected chi connectivity index (χ4v) is 6.92. The zero-order valence-electron chi connectivity index (χ0n) is 29.8. The smallest absolute Gasteiger partial charge is 0.407 e. The predicted octanol–water partition coefficient (Wildman–Crippen LogP) is 4.91. The number of aryl methyl sites for hydroxylation is 1. The molecule has 1 fully saturated rings. The van der Waals surface area contributed by atoms with Crippen LogP contribution >= 0.6 is 11.8 Å². The summed E-state index contributed by atoms with van der Waals surface area (Å²) in [6.45, 7) is 7.85. The Labute approximate surface area is 293 Å². The number of thioether (sulfide) groups is 1. The Kier molecular flexibility index (Phi) is 12.7. The molecule has 3 N–H and O–H groups in total. The van der Waals surface area contributed by atoms with Crippen molar-refractivity contribution < 1.29 is 33.3 Å². The van der Waals surface area contributed by atoms with Gasteiger partial charge in [0.1, 0.15) is 11.6 Å². The Morgan fingerprint density at radius 3 is 2.27 bits per heavy atom. The molecule has 3 amide bonds. The molecule has 12 nitrogen and oxygen atoms in total. The van der Waals surface area contributed by atoms with E-state index < -0.39 is 23.8 Å². The molecule has 1 aliphatic heterocycles. The Hall–Kier alpha value is -4.13. The van der Waals surface area contributed by atoms with Crippen molar-refractivity contribution in [1.82, 2.24) is 15.5 Å². The summed E-state index contributed by atoms with van der Waals surface area (Å²) in [6.07, 6.45) is 4.34. The van der Waals surface area contributed by atoms with E-state index in [0.29, 0.717) is 79.3 Å². The van der Waals surface area contributed by atoms with Crippen LogP contribution in [0.2, 0.25) is 0 Å². The molecule has 0 saturated carbocycles. The summed E-state index contributed by atoms with van der Waals surface area (Å²) in [5.41, 5.74) is 2.41. The second-order valence-electron chi connectivity index (χ2n) is 13.3. The summed E-state index contributed by atoms with van der Waals surface area (Å²) < 4.78 is 22.6. The van der Waals surface area contributed by atoms with Gasteiger partial charge in [0.05, 0.1) is 33.1 Å². The molecule has 0 bridgehead atoms. The quantitative estimate of drug-likeness (QED) is 0.296. The number of methoxy groups -OCH3 is 3. The van der Waals surface area contributed by atoms with Gasteiger partial charge in [-0.05, 0) is 99.8 Å². The Morgan fingerprint density at radius 2 is 1.67 bits per heavy atom. The molecule has 4 rings (SSSR count). The first kappa shape index (κ1) is 37.7. The predicted molar refractivity (Wildman–Crippen MR) is 192 cm³/mol. The summed E-state index contributed by atoms with van der Waals surface area (Å²) >= 11 is 1.62. The molecule has 0 unspecified atom stereocenters. The van der Waals surface area contributed by atoms with Crippen LogP contribution in [0.3, 0.4) is 0 Å². The van der Waals surface area contributed by atoms with Gasteiger partial charge >= 0.3 is 6.09 Å². The van der Waals surface area contributed by atoms with Gasteiger partial charge in [0, 0.05) is 31.6 Å². The number of carbonyl (C=O) groups excluding carboxylic acids is 3. The minimum atomic E-state index is -0.643. The van der Waals surface area contributed by atoms with Crippen LogP contribution in [0.4, 0.5) is 10.5 Å². The fraction of sp³-hybridized carbons (Fsp3) is 0.556. The number of alkyl carbamates (subject to hydrolysis) is 1. The Morgan fingerprint density at radius 1 is 0.980 bits per heavy atom. The lowest BCUT2D eigenvalue weighted by Gasteiger charge is -2.35. The van der Waals surface area contributed by atoms with Crippen LogP contribution in [-0.4, -0.2) is 86.9 Å². The first-order valence-electron chi connectivity index (χ1n) is 16.6. The molecule has 1 heterocycles. The first-order valence-corrected chi connectivity index (χ1v) is 18.0. The molecule has 1 aliphatic carbocycles. The van der Waals surface area contributed by atoms with Gasteiger partial charge in [0.15, 0.2) is 11.5 Å². The highest BCUT2D eigenvalue weighted by molar-refractivity contribution is 7.98. The monoisotopic (exact) mass is 698 g/mol. The fourth-order valence-electron chi connectivity index (χ4n) is 6.45. The first-order chi connectivity index (χ1) is 23.3. The van der Waals surface area contributed by atoms with Crippen molar-refractivity contribution >= 4 is 35.4 Å². The normalized spacial score (nSPS) is 16.7. The summed E-state index contributed by atoms with van der Waals surface area (Å²) in [5.74, 6) is 1.80. The van der Waals surface area contributed by atoms with Gasteiger partial charge in [-0.1, -0.05) is 6.07 Å². The van der Waals surface area contributed by atoms with Gasteiger partial charge in [-0.2, -0.15) is 11.8 Å². The molecule has 0 radical (unpaired) electrons. The largest absolute Gasteiger partial charge is 0.493 e. The zero-order valence-corrected chi connectivity index (χ0v) is 30.6. The van der Waals surface area contributed by atoms with E-state index in [1.54, 1.807) is 50.1 Å². The van der Waals surface area contributed by atoms with Crippen molar-refractivity contribution in [2.24, 2.45) is 0 Å². The van der Waals surface area contributed by atoms with Gasteiger partial charge in [-0.15, -0.1) is 0 Å². The van der Waals surface area contributed by atoms with Crippen molar-refractivity contribution in [3.63, 3.8) is 0 Å². The summed E-state index contributed by atoms with van der Waals surface area (Å²) in [7, 11) is 4.66. The molecule has 0 aromatic heterocycles. The number of hydrogen-bond donors (Lipinski definition) is 3. The highest BCUT2D eigenvalue weighted by atomic mass is 32.2. The number of carbonyl (C=O) groups is 3. The van der Waals surface area contributed by atoms with Crippen LogP contribution < -0.4 is 35.6 Å². The maximum Gasteiger partial charge on any atom is 0.407 e. The maximum atomic E-state index is 13.9. The number of nitrogens with zero attached hydrogens (tertiary/aromatic N) is 1. The number of piperidine rings is 1. The molecule has 2 aliphatic rings. The minimum Gasteiger partial charge on any atom is -0.493 e. The van der Waals surface area contributed by atoms with E-state index in [4.69, 9.17) is 18.9 Å². The molecule has 2 aromatic carbocycles. The van der Waals surface area contributed by atoms with Crippen LogP contribution in [0.5, 0.6) is 17.2 Å². The topological polar surface area (TPSA) is 145 Å². The summed E-state index contributed by atoms with van der Waals surface area (Å²) in [6, 6.07) is 5.82. The average molecular weight is 699 g/mol. The van der Waals surface area contributed by atoms with Crippen LogP contribution in [0.1, 0.15) is 70.5 Å². The highest BCUT2D eigenvalue weighted by Crippen LogP contribution is 2.50. The van der Waals surface area contributed by atoms with Crippen molar-refractivity contribution in [2.45, 2.75) is 83.5 Å². The molecular formula is C36H50N4O8S. The molecule has 2 aromatic rings. The maximum absolute atomic E-state index is 13.9. The number of nitrogens with one attached hydrogen (secondary N) is 3. The van der Waals surface area contributed by atoms with Crippen LogP contribution in [0, 0.1) is 0 Å². The molecule has 1 saturated heterocycles. The molecule has 268 valence electrons. The van der Waals surface area contributed by atoms with Crippen molar-refractivity contribution in [3.05, 3.63) is 45.6 Å². The van der Waals surface area contributed by atoms with Crippen molar-refractivity contribution in [1.29, 1.82) is 0 Å². The molecular weight excluding hydrogens is 648 g/mol. The highest BCUT2D eigenvalue weighted by Gasteiger charge is 2.32. The van der Waals surface area contributed by atoms with Crippen molar-refractivity contribution in [2.75, 3.05) is 51.7 Å². The Bertz CT molecular complexity index is 1590. The van der Waals surface area contributed by atoms with Crippen LogP contribution in [0.25, 0.3) is 11.1 Å². The summed E-state index contributed by atoms with van der Waals surface area (Å²) in [5, 5.41) is 9.23. The van der Waals surface area contributed by atoms with E-state index in [1.165, 1.54) is 6.92 Å². The third kappa shape index (κ3) is 9.31.